The molecule has 4 N–H and O–H groups in total. The van der Waals surface area contributed by atoms with E-state index in [4.69, 9.17) is 23.2 Å². The molecule has 39 heavy (non-hydrogen) atoms. The Bertz CT molecular complexity index is 1370. The Morgan fingerprint density at radius 3 is 2.33 bits per heavy atom. The zero-order valence-corrected chi connectivity index (χ0v) is 23.8. The number of amidine groups is 1. The molecule has 2 aromatic carbocycles. The van der Waals surface area contributed by atoms with E-state index >= 15 is 0 Å². The summed E-state index contributed by atoms with van der Waals surface area (Å²) in [6.45, 7) is 1.80. The topological polar surface area (TPSA) is 149 Å². The van der Waals surface area contributed by atoms with Gasteiger partial charge in [-0.15, -0.1) is 0 Å². The Balaban J connectivity index is 1.53. The molecule has 0 atom stereocenters. The van der Waals surface area contributed by atoms with Gasteiger partial charge in [0, 0.05) is 30.7 Å². The summed E-state index contributed by atoms with van der Waals surface area (Å²) in [6, 6.07) is 10.4. The summed E-state index contributed by atoms with van der Waals surface area (Å²) in [6.07, 6.45) is 0.583. The van der Waals surface area contributed by atoms with Crippen molar-refractivity contribution in [3.63, 3.8) is 0 Å². The van der Waals surface area contributed by atoms with Crippen LogP contribution in [0.2, 0.25) is 10.0 Å². The summed E-state index contributed by atoms with van der Waals surface area (Å²) in [5.74, 6) is -0.967. The Labute approximate surface area is 237 Å². The fraction of sp³-hybridized carbons (Fsp3) is 0.360. The summed E-state index contributed by atoms with van der Waals surface area (Å²) in [5, 5.41) is 10.8. The standard InChI is InChI=1S/C25H30Cl2N6O5S/c1-16-19(26)7-8-20(24(16)27)39(37,38)33(14-22(35)28-2)15-23(36)32-13-21(34)29-10-9-17-3-5-18(6-4-17)25-30-11-12-31-25/h3-8H,9-15H2,1-2H3,(H,28,35)(H,29,34)(H,30,31)(H,32,36). The summed E-state index contributed by atoms with van der Waals surface area (Å²) in [5.41, 5.74) is 2.37. The highest BCUT2D eigenvalue weighted by Gasteiger charge is 2.31. The minimum atomic E-state index is -4.35. The first-order valence-corrected chi connectivity index (χ1v) is 14.3. The molecule has 3 amide bonds. The van der Waals surface area contributed by atoms with E-state index in [2.05, 4.69) is 26.3 Å². The van der Waals surface area contributed by atoms with Gasteiger partial charge >= 0.3 is 0 Å². The van der Waals surface area contributed by atoms with Gasteiger partial charge in [0.25, 0.3) is 0 Å². The van der Waals surface area contributed by atoms with Gasteiger partial charge in [-0.25, -0.2) is 8.42 Å². The van der Waals surface area contributed by atoms with E-state index in [1.807, 2.05) is 24.3 Å². The zero-order chi connectivity index (χ0) is 28.6. The molecule has 0 saturated heterocycles. The van der Waals surface area contributed by atoms with Gasteiger partial charge in [-0.1, -0.05) is 47.5 Å². The quantitative estimate of drug-likeness (QED) is 0.285. The molecule has 210 valence electrons. The van der Waals surface area contributed by atoms with Gasteiger partial charge in [-0.05, 0) is 36.6 Å². The Hall–Kier alpha value is -3.19. The number of hydrogen-bond acceptors (Lipinski definition) is 7. The van der Waals surface area contributed by atoms with Crippen molar-refractivity contribution in [3.05, 3.63) is 63.1 Å². The van der Waals surface area contributed by atoms with E-state index in [9.17, 15) is 22.8 Å². The maximum atomic E-state index is 13.3. The van der Waals surface area contributed by atoms with Crippen molar-refractivity contribution in [2.45, 2.75) is 18.2 Å². The first kappa shape index (κ1) is 30.4. The maximum absolute atomic E-state index is 13.3. The highest BCUT2D eigenvalue weighted by molar-refractivity contribution is 7.89. The van der Waals surface area contributed by atoms with Crippen LogP contribution in [0.15, 0.2) is 46.3 Å². The van der Waals surface area contributed by atoms with E-state index in [1.54, 1.807) is 6.92 Å². The Morgan fingerprint density at radius 2 is 1.69 bits per heavy atom. The van der Waals surface area contributed by atoms with Gasteiger partial charge in [-0.2, -0.15) is 4.31 Å². The van der Waals surface area contributed by atoms with E-state index in [1.165, 1.54) is 19.2 Å². The minimum absolute atomic E-state index is 0.109. The molecular formula is C25H30Cl2N6O5S. The number of rotatable bonds is 12. The summed E-state index contributed by atoms with van der Waals surface area (Å²) in [4.78, 5) is 40.9. The fourth-order valence-corrected chi connectivity index (χ4v) is 5.80. The molecular weight excluding hydrogens is 567 g/mol. The van der Waals surface area contributed by atoms with Crippen molar-refractivity contribution >= 4 is 56.8 Å². The van der Waals surface area contributed by atoms with Crippen LogP contribution in [0.4, 0.5) is 0 Å². The molecule has 0 unspecified atom stereocenters. The van der Waals surface area contributed by atoms with Crippen LogP contribution in [0.25, 0.3) is 0 Å². The summed E-state index contributed by atoms with van der Waals surface area (Å²) >= 11 is 12.2. The third-order valence-corrected chi connectivity index (χ3v) is 8.75. The van der Waals surface area contributed by atoms with Gasteiger partial charge < -0.3 is 21.3 Å². The molecule has 0 spiro atoms. The lowest BCUT2D eigenvalue weighted by atomic mass is 10.1. The molecule has 0 aliphatic carbocycles. The molecule has 14 heteroatoms. The summed E-state index contributed by atoms with van der Waals surface area (Å²) < 4.78 is 27.2. The number of carbonyl (C=O) groups excluding carboxylic acids is 3. The molecule has 0 aromatic heterocycles. The molecule has 0 bridgehead atoms. The van der Waals surface area contributed by atoms with Gasteiger partial charge in [0.1, 0.15) is 10.7 Å². The lowest BCUT2D eigenvalue weighted by Gasteiger charge is -2.22. The smallest absolute Gasteiger partial charge is 0.245 e. The number of likely N-dealkylation sites (N-methyl/N-ethyl adjacent to an activating group) is 1. The van der Waals surface area contributed by atoms with Crippen LogP contribution in [0.3, 0.4) is 0 Å². The maximum Gasteiger partial charge on any atom is 0.245 e. The second-order valence-electron chi connectivity index (χ2n) is 8.66. The van der Waals surface area contributed by atoms with Gasteiger partial charge in [0.2, 0.25) is 27.7 Å². The summed E-state index contributed by atoms with van der Waals surface area (Å²) in [7, 11) is -3.01. The largest absolute Gasteiger partial charge is 0.368 e. The Kier molecular flexibility index (Phi) is 10.7. The van der Waals surface area contributed by atoms with Crippen LogP contribution in [0.1, 0.15) is 16.7 Å². The van der Waals surface area contributed by atoms with Gasteiger partial charge in [-0.3, -0.25) is 19.4 Å². The van der Waals surface area contributed by atoms with Gasteiger partial charge in [0.15, 0.2) is 0 Å². The minimum Gasteiger partial charge on any atom is -0.368 e. The zero-order valence-electron chi connectivity index (χ0n) is 21.5. The lowest BCUT2D eigenvalue weighted by molar-refractivity contribution is -0.126. The van der Waals surface area contributed by atoms with E-state index in [0.717, 1.165) is 30.1 Å². The lowest BCUT2D eigenvalue weighted by Crippen LogP contribution is -2.47. The monoisotopic (exact) mass is 596 g/mol. The average Bonchev–Trinajstić information content (AvgIpc) is 3.45. The average molecular weight is 598 g/mol. The first-order valence-electron chi connectivity index (χ1n) is 12.1. The van der Waals surface area contributed by atoms with Crippen molar-refractivity contribution in [1.29, 1.82) is 0 Å². The van der Waals surface area contributed by atoms with Crippen molar-refractivity contribution in [1.82, 2.24) is 25.6 Å². The predicted octanol–water partition coefficient (Wildman–Crippen LogP) is 0.863. The molecule has 1 aliphatic rings. The number of benzene rings is 2. The number of nitrogens with zero attached hydrogens (tertiary/aromatic N) is 2. The number of halogens is 2. The molecule has 2 aromatic rings. The number of carbonyl (C=O) groups is 3. The number of hydrogen-bond donors (Lipinski definition) is 4. The molecule has 11 nitrogen and oxygen atoms in total. The second-order valence-corrected chi connectivity index (χ2v) is 11.4. The number of nitrogens with one attached hydrogen (secondary N) is 4. The van der Waals surface area contributed by atoms with E-state index in [-0.39, 0.29) is 21.5 Å². The van der Waals surface area contributed by atoms with Crippen molar-refractivity contribution < 1.29 is 22.8 Å². The van der Waals surface area contributed by atoms with Crippen LogP contribution in [-0.2, 0) is 30.8 Å². The molecule has 1 aliphatic heterocycles. The fourth-order valence-electron chi connectivity index (χ4n) is 3.66. The molecule has 3 rings (SSSR count). The molecule has 0 saturated carbocycles. The Morgan fingerprint density at radius 1 is 1.00 bits per heavy atom. The van der Waals surface area contributed by atoms with Crippen LogP contribution in [0.5, 0.6) is 0 Å². The van der Waals surface area contributed by atoms with Gasteiger partial charge in [0.05, 0.1) is 31.2 Å². The molecule has 1 heterocycles. The van der Waals surface area contributed by atoms with Crippen molar-refractivity contribution in [2.24, 2.45) is 4.99 Å². The number of sulfonamides is 1. The van der Waals surface area contributed by atoms with Crippen LogP contribution in [-0.4, -0.2) is 82.6 Å². The van der Waals surface area contributed by atoms with Crippen LogP contribution in [0, 0.1) is 6.92 Å². The predicted molar refractivity (Wildman–Crippen MR) is 150 cm³/mol. The van der Waals surface area contributed by atoms with E-state index < -0.39 is 40.8 Å². The number of aliphatic imine (C=N–C) groups is 1. The van der Waals surface area contributed by atoms with Crippen molar-refractivity contribution in [2.75, 3.05) is 46.3 Å². The third-order valence-electron chi connectivity index (χ3n) is 5.90. The third kappa shape index (κ3) is 8.15. The SMILES string of the molecule is CNC(=O)CN(CC(=O)NCC(=O)NCCc1ccc(C2=NCCN2)cc1)S(=O)(=O)c1ccc(Cl)c(C)c1Cl. The van der Waals surface area contributed by atoms with Crippen LogP contribution < -0.4 is 21.3 Å². The van der Waals surface area contributed by atoms with Crippen molar-refractivity contribution in [3.8, 4) is 0 Å². The highest BCUT2D eigenvalue weighted by atomic mass is 35.5. The highest BCUT2D eigenvalue weighted by Crippen LogP contribution is 2.31. The molecule has 0 radical (unpaired) electrons. The van der Waals surface area contributed by atoms with Crippen LogP contribution >= 0.6 is 23.2 Å². The number of amides is 3. The molecule has 0 fully saturated rings. The second kappa shape index (κ2) is 13.7. The normalized spacial score (nSPS) is 13.0. The first-order chi connectivity index (χ1) is 18.5. The van der Waals surface area contributed by atoms with E-state index in [0.29, 0.717) is 22.8 Å².